The van der Waals surface area contributed by atoms with Crippen LogP contribution in [0.1, 0.15) is 5.56 Å². The summed E-state index contributed by atoms with van der Waals surface area (Å²) in [6, 6.07) is 3.42. The average Bonchev–Trinajstić information content (AvgIpc) is 2.96. The molecule has 21 heavy (non-hydrogen) atoms. The van der Waals surface area contributed by atoms with Crippen molar-refractivity contribution in [2.24, 2.45) is 5.84 Å². The Bertz CT molecular complexity index is 898. The number of nitrogen functional groups attached to an aromatic ring is 1. The molecule has 3 aromatic heterocycles. The highest BCUT2D eigenvalue weighted by Crippen LogP contribution is 2.26. The van der Waals surface area contributed by atoms with Crippen LogP contribution < -0.4 is 16.0 Å². The lowest BCUT2D eigenvalue weighted by Crippen LogP contribution is -2.19. The second-order valence-electron chi connectivity index (χ2n) is 4.29. The molecule has 110 valence electrons. The van der Waals surface area contributed by atoms with E-state index in [1.807, 2.05) is 6.92 Å². The average molecular weight is 324 g/mol. The van der Waals surface area contributed by atoms with Gasteiger partial charge in [-0.2, -0.15) is 13.4 Å². The third-order valence-electron chi connectivity index (χ3n) is 2.76. The van der Waals surface area contributed by atoms with Gasteiger partial charge in [-0.15, -0.1) is 11.3 Å². The second-order valence-corrected chi connectivity index (χ2v) is 6.76. The molecule has 3 heterocycles. The van der Waals surface area contributed by atoms with Crippen molar-refractivity contribution in [1.29, 1.82) is 0 Å². The number of aromatic nitrogens is 3. The molecule has 0 atom stereocenters. The van der Waals surface area contributed by atoms with Gasteiger partial charge in [-0.3, -0.25) is 9.12 Å². The Hall–Kier alpha value is -2.17. The van der Waals surface area contributed by atoms with Crippen LogP contribution >= 0.6 is 11.3 Å². The zero-order valence-corrected chi connectivity index (χ0v) is 12.6. The quantitative estimate of drug-likeness (QED) is 0.490. The van der Waals surface area contributed by atoms with Crippen molar-refractivity contribution >= 4 is 38.0 Å². The van der Waals surface area contributed by atoms with Crippen molar-refractivity contribution in [2.45, 2.75) is 11.9 Å². The van der Waals surface area contributed by atoms with Crippen molar-refractivity contribution in [3.8, 4) is 0 Å². The Kier molecular flexibility index (Phi) is 3.27. The largest absolute Gasteiger partial charge is 0.306 e. The lowest BCUT2D eigenvalue weighted by molar-refractivity contribution is 0.597. The van der Waals surface area contributed by atoms with Gasteiger partial charge < -0.3 is 5.43 Å². The fourth-order valence-corrected chi connectivity index (χ4v) is 3.91. The minimum atomic E-state index is -3.87. The SMILES string of the molecule is Cc1ccnc(NS(=O)(=O)c2c(NN)nc3sccn23)c1. The number of hydrazine groups is 1. The van der Waals surface area contributed by atoms with Gasteiger partial charge in [0.1, 0.15) is 5.82 Å². The summed E-state index contributed by atoms with van der Waals surface area (Å²) in [6.45, 7) is 1.85. The van der Waals surface area contributed by atoms with Gasteiger partial charge in [-0.1, -0.05) is 0 Å². The Morgan fingerprint density at radius 2 is 2.24 bits per heavy atom. The minimum absolute atomic E-state index is 0.0513. The molecule has 0 saturated carbocycles. The second kappa shape index (κ2) is 4.98. The summed E-state index contributed by atoms with van der Waals surface area (Å²) >= 11 is 1.31. The Labute approximate surface area is 124 Å². The van der Waals surface area contributed by atoms with Crippen molar-refractivity contribution < 1.29 is 8.42 Å². The van der Waals surface area contributed by atoms with E-state index in [0.717, 1.165) is 5.56 Å². The number of aryl methyl sites for hydroxylation is 1. The maximum Gasteiger partial charge on any atom is 0.282 e. The number of nitrogens with one attached hydrogen (secondary N) is 2. The monoisotopic (exact) mass is 324 g/mol. The third kappa shape index (κ3) is 2.44. The van der Waals surface area contributed by atoms with Crippen LogP contribution in [0.5, 0.6) is 0 Å². The molecule has 3 aromatic rings. The number of anilines is 2. The molecule has 0 aromatic carbocycles. The maximum absolute atomic E-state index is 12.6. The van der Waals surface area contributed by atoms with E-state index in [1.165, 1.54) is 21.9 Å². The van der Waals surface area contributed by atoms with E-state index >= 15 is 0 Å². The summed E-state index contributed by atoms with van der Waals surface area (Å²) in [6.07, 6.45) is 3.15. The first-order chi connectivity index (χ1) is 10.0. The van der Waals surface area contributed by atoms with Crippen LogP contribution in [0.2, 0.25) is 0 Å². The Balaban J connectivity index is 2.09. The fraction of sp³-hybridized carbons (Fsp3) is 0.0909. The van der Waals surface area contributed by atoms with Crippen molar-refractivity contribution in [3.63, 3.8) is 0 Å². The van der Waals surface area contributed by atoms with E-state index in [-0.39, 0.29) is 16.7 Å². The molecule has 4 N–H and O–H groups in total. The van der Waals surface area contributed by atoms with Gasteiger partial charge in [-0.05, 0) is 24.6 Å². The smallest absolute Gasteiger partial charge is 0.282 e. The summed E-state index contributed by atoms with van der Waals surface area (Å²) < 4.78 is 29.0. The number of hydrogen-bond donors (Lipinski definition) is 3. The van der Waals surface area contributed by atoms with Gasteiger partial charge in [0, 0.05) is 17.8 Å². The van der Waals surface area contributed by atoms with Crippen LogP contribution in [-0.4, -0.2) is 22.8 Å². The maximum atomic E-state index is 12.6. The molecule has 0 spiro atoms. The molecular weight excluding hydrogens is 312 g/mol. The van der Waals surface area contributed by atoms with Gasteiger partial charge in [-0.25, -0.2) is 10.8 Å². The summed E-state index contributed by atoms with van der Waals surface area (Å²) in [7, 11) is -3.87. The number of imidazole rings is 1. The first kappa shape index (κ1) is 13.8. The molecule has 0 bridgehead atoms. The molecule has 0 fully saturated rings. The summed E-state index contributed by atoms with van der Waals surface area (Å²) in [5.41, 5.74) is 3.21. The molecule has 0 aliphatic rings. The first-order valence-corrected chi connectivity index (χ1v) is 8.25. The Morgan fingerprint density at radius 1 is 1.43 bits per heavy atom. The van der Waals surface area contributed by atoms with E-state index in [4.69, 9.17) is 5.84 Å². The summed E-state index contributed by atoms with van der Waals surface area (Å²) in [4.78, 5) is 8.64. The highest BCUT2D eigenvalue weighted by atomic mass is 32.2. The lowest BCUT2D eigenvalue weighted by atomic mass is 10.3. The molecule has 0 aliphatic carbocycles. The van der Waals surface area contributed by atoms with E-state index in [0.29, 0.717) is 4.96 Å². The van der Waals surface area contributed by atoms with E-state index < -0.39 is 10.0 Å². The molecule has 8 nitrogen and oxygen atoms in total. The molecule has 3 rings (SSSR count). The van der Waals surface area contributed by atoms with Crippen molar-refractivity contribution in [1.82, 2.24) is 14.4 Å². The van der Waals surface area contributed by atoms with Gasteiger partial charge in [0.15, 0.2) is 10.8 Å². The fourth-order valence-electron chi connectivity index (χ4n) is 1.89. The lowest BCUT2D eigenvalue weighted by Gasteiger charge is -2.08. The highest BCUT2D eigenvalue weighted by molar-refractivity contribution is 7.92. The molecule has 0 amide bonds. The van der Waals surface area contributed by atoms with Crippen LogP contribution in [0.3, 0.4) is 0 Å². The van der Waals surface area contributed by atoms with Crippen LogP contribution in [0.4, 0.5) is 11.6 Å². The molecule has 10 heteroatoms. The summed E-state index contributed by atoms with van der Waals surface area (Å²) in [5.74, 6) is 5.68. The number of sulfonamides is 1. The topological polar surface area (TPSA) is 114 Å². The van der Waals surface area contributed by atoms with Crippen LogP contribution in [-0.2, 0) is 10.0 Å². The number of nitrogens with two attached hydrogens (primary N) is 1. The van der Waals surface area contributed by atoms with Gasteiger partial charge in [0.25, 0.3) is 10.0 Å². The zero-order chi connectivity index (χ0) is 15.0. The zero-order valence-electron chi connectivity index (χ0n) is 10.9. The molecular formula is C11H12N6O2S2. The number of thiazole rings is 1. The normalized spacial score (nSPS) is 11.7. The summed E-state index contributed by atoms with van der Waals surface area (Å²) in [5, 5.41) is 1.69. The molecule has 0 radical (unpaired) electrons. The van der Waals surface area contributed by atoms with Gasteiger partial charge in [0.05, 0.1) is 0 Å². The molecule has 0 saturated heterocycles. The highest BCUT2D eigenvalue weighted by Gasteiger charge is 2.26. The third-order valence-corrected chi connectivity index (χ3v) is 4.90. The molecule has 0 aliphatic heterocycles. The van der Waals surface area contributed by atoms with Gasteiger partial charge >= 0.3 is 0 Å². The van der Waals surface area contributed by atoms with Crippen LogP contribution in [0, 0.1) is 6.92 Å². The van der Waals surface area contributed by atoms with E-state index in [2.05, 4.69) is 20.1 Å². The number of nitrogens with zero attached hydrogens (tertiary/aromatic N) is 3. The van der Waals surface area contributed by atoms with Gasteiger partial charge in [0.2, 0.25) is 5.03 Å². The number of hydrogen-bond acceptors (Lipinski definition) is 7. The minimum Gasteiger partial charge on any atom is -0.306 e. The van der Waals surface area contributed by atoms with Crippen molar-refractivity contribution in [3.05, 3.63) is 35.5 Å². The molecule has 0 unspecified atom stereocenters. The number of fused-ring (bicyclic) bond motifs is 1. The first-order valence-electron chi connectivity index (χ1n) is 5.89. The van der Waals surface area contributed by atoms with Crippen LogP contribution in [0.15, 0.2) is 34.9 Å². The van der Waals surface area contributed by atoms with Crippen molar-refractivity contribution in [2.75, 3.05) is 10.1 Å². The van der Waals surface area contributed by atoms with E-state index in [1.54, 1.807) is 23.7 Å². The number of pyridine rings is 1. The predicted molar refractivity (Wildman–Crippen MR) is 80.7 cm³/mol. The Morgan fingerprint density at radius 3 is 2.95 bits per heavy atom. The standard InChI is InChI=1S/C11H12N6O2S2/c1-7-2-3-13-8(6-7)16-21(18,19)10-9(15-12)14-11-17(10)4-5-20-11/h2-6,15H,12H2,1H3,(H,13,16). The van der Waals surface area contributed by atoms with E-state index in [9.17, 15) is 8.42 Å². The van der Waals surface area contributed by atoms with Crippen LogP contribution in [0.25, 0.3) is 4.96 Å². The number of rotatable bonds is 4. The predicted octanol–water partition coefficient (Wildman–Crippen LogP) is 1.19.